The number of benzene rings is 10. The molecule has 2 heteroatoms. The molecule has 0 radical (unpaired) electrons. The second kappa shape index (κ2) is 14.1. The first kappa shape index (κ1) is 33.6. The predicted octanol–water partition coefficient (Wildman–Crippen LogP) is 16.0. The van der Waals surface area contributed by atoms with Crippen LogP contribution in [0.5, 0.6) is 0 Å². The van der Waals surface area contributed by atoms with Gasteiger partial charge in [0.15, 0.2) is 0 Å². The van der Waals surface area contributed by atoms with Gasteiger partial charge in [-0.2, -0.15) is 0 Å². The maximum atomic E-state index is 6.51. The molecule has 0 bridgehead atoms. The molecule has 0 fully saturated rings. The number of nitrogens with zero attached hydrogens (tertiary/aromatic N) is 1. The zero-order chi connectivity index (χ0) is 38.4. The van der Waals surface area contributed by atoms with Crippen molar-refractivity contribution in [2.45, 2.75) is 0 Å². The van der Waals surface area contributed by atoms with Gasteiger partial charge in [0.25, 0.3) is 0 Å². The van der Waals surface area contributed by atoms with Gasteiger partial charge in [0.1, 0.15) is 11.2 Å². The van der Waals surface area contributed by atoms with Gasteiger partial charge in [-0.3, -0.25) is 0 Å². The number of rotatable bonds is 7. The molecule has 1 aromatic heterocycles. The molecule has 0 spiro atoms. The van der Waals surface area contributed by atoms with E-state index >= 15 is 0 Å². The molecule has 0 unspecified atom stereocenters. The Morgan fingerprint density at radius 3 is 1.59 bits per heavy atom. The van der Waals surface area contributed by atoms with E-state index < -0.39 is 0 Å². The molecule has 11 aromatic rings. The fourth-order valence-electron chi connectivity index (χ4n) is 8.67. The van der Waals surface area contributed by atoms with E-state index in [-0.39, 0.29) is 0 Å². The van der Waals surface area contributed by atoms with Crippen LogP contribution in [0.2, 0.25) is 0 Å². The van der Waals surface area contributed by atoms with E-state index in [9.17, 15) is 0 Å². The van der Waals surface area contributed by atoms with E-state index in [1.54, 1.807) is 0 Å². The molecule has 0 atom stereocenters. The predicted molar refractivity (Wildman–Crippen MR) is 245 cm³/mol. The Morgan fingerprint density at radius 1 is 0.293 bits per heavy atom. The Balaban J connectivity index is 1.08. The van der Waals surface area contributed by atoms with E-state index in [4.69, 9.17) is 4.42 Å². The fraction of sp³-hybridized carbons (Fsp3) is 0. The minimum absolute atomic E-state index is 0.890. The van der Waals surface area contributed by atoms with Crippen molar-refractivity contribution in [1.29, 1.82) is 0 Å². The molecule has 0 N–H and O–H groups in total. The SMILES string of the molecule is c1ccc(-c2ccc(N(c3ccc(-c4ccc5oc6c(-c7ccccc7)cccc6c5c4)cc3)c3cc4ccccc4c4ccccc34)cc2-c2ccccc2)cc1. The van der Waals surface area contributed by atoms with Gasteiger partial charge < -0.3 is 9.32 Å². The van der Waals surface area contributed by atoms with Gasteiger partial charge in [0.05, 0.1) is 5.69 Å². The van der Waals surface area contributed by atoms with Gasteiger partial charge in [0, 0.05) is 33.1 Å². The van der Waals surface area contributed by atoms with Crippen molar-refractivity contribution in [1.82, 2.24) is 0 Å². The summed E-state index contributed by atoms with van der Waals surface area (Å²) in [5.41, 5.74) is 14.4. The van der Waals surface area contributed by atoms with Crippen LogP contribution in [0.1, 0.15) is 0 Å². The standard InChI is InChI=1S/C56H37NO/c1-4-15-39(16-5-1)47-33-32-45(37-52(47)41-19-8-3-9-20-41)57(54-36-43-21-10-11-22-46(43)49-23-12-13-24-50(49)54)44-30-27-38(28-31-44)42-29-34-55-53(35-42)51-26-14-25-48(56(51)58-55)40-17-6-2-7-18-40/h1-37H. The summed E-state index contributed by atoms with van der Waals surface area (Å²) in [4.78, 5) is 2.43. The van der Waals surface area contributed by atoms with Crippen LogP contribution in [-0.2, 0) is 0 Å². The minimum Gasteiger partial charge on any atom is -0.455 e. The molecule has 0 aliphatic heterocycles. The van der Waals surface area contributed by atoms with Gasteiger partial charge in [0.2, 0.25) is 0 Å². The maximum absolute atomic E-state index is 6.51. The Labute approximate surface area is 337 Å². The molecular weight excluding hydrogens is 703 g/mol. The van der Waals surface area contributed by atoms with Crippen LogP contribution in [0.3, 0.4) is 0 Å². The van der Waals surface area contributed by atoms with Crippen LogP contribution in [-0.4, -0.2) is 0 Å². The van der Waals surface area contributed by atoms with Crippen LogP contribution >= 0.6 is 0 Å². The van der Waals surface area contributed by atoms with E-state index in [1.165, 1.54) is 43.8 Å². The van der Waals surface area contributed by atoms with E-state index in [0.29, 0.717) is 0 Å². The van der Waals surface area contributed by atoms with Gasteiger partial charge in [-0.15, -0.1) is 0 Å². The summed E-state index contributed by atoms with van der Waals surface area (Å²) in [5, 5.41) is 7.13. The zero-order valence-electron chi connectivity index (χ0n) is 31.7. The third kappa shape index (κ3) is 5.82. The highest BCUT2D eigenvalue weighted by molar-refractivity contribution is 6.15. The highest BCUT2D eigenvalue weighted by Gasteiger charge is 2.20. The summed E-state index contributed by atoms with van der Waals surface area (Å²) in [6.45, 7) is 0. The Bertz CT molecular complexity index is 3260. The first-order valence-corrected chi connectivity index (χ1v) is 19.8. The molecule has 2 nitrogen and oxygen atoms in total. The summed E-state index contributed by atoms with van der Waals surface area (Å²) in [7, 11) is 0. The smallest absolute Gasteiger partial charge is 0.143 e. The second-order valence-corrected chi connectivity index (χ2v) is 14.9. The lowest BCUT2D eigenvalue weighted by atomic mass is 9.93. The molecule has 0 aliphatic rings. The lowest BCUT2D eigenvalue weighted by Crippen LogP contribution is -2.11. The van der Waals surface area contributed by atoms with E-state index in [0.717, 1.165) is 61.3 Å². The number of hydrogen-bond donors (Lipinski definition) is 0. The monoisotopic (exact) mass is 739 g/mol. The molecule has 0 aliphatic carbocycles. The lowest BCUT2D eigenvalue weighted by molar-refractivity contribution is 0.670. The van der Waals surface area contributed by atoms with Gasteiger partial charge in [-0.05, 0) is 97.6 Å². The van der Waals surface area contributed by atoms with Crippen molar-refractivity contribution in [3.63, 3.8) is 0 Å². The molecule has 0 saturated heterocycles. The minimum atomic E-state index is 0.890. The third-order valence-electron chi connectivity index (χ3n) is 11.5. The molecule has 11 rings (SSSR count). The second-order valence-electron chi connectivity index (χ2n) is 14.9. The lowest BCUT2D eigenvalue weighted by Gasteiger charge is -2.29. The van der Waals surface area contributed by atoms with Crippen molar-refractivity contribution in [3.05, 3.63) is 224 Å². The van der Waals surface area contributed by atoms with Gasteiger partial charge >= 0.3 is 0 Å². The number of anilines is 3. The normalized spacial score (nSPS) is 11.4. The Kier molecular flexibility index (Phi) is 8.19. The molecule has 58 heavy (non-hydrogen) atoms. The average molecular weight is 740 g/mol. The Morgan fingerprint density at radius 2 is 0.862 bits per heavy atom. The first-order valence-electron chi connectivity index (χ1n) is 19.8. The number of furan rings is 1. The van der Waals surface area contributed by atoms with Crippen LogP contribution < -0.4 is 4.90 Å². The highest BCUT2D eigenvalue weighted by atomic mass is 16.3. The number of para-hydroxylation sites is 1. The molecular formula is C56H37NO. The first-order chi connectivity index (χ1) is 28.8. The van der Waals surface area contributed by atoms with Crippen molar-refractivity contribution >= 4 is 60.5 Å². The van der Waals surface area contributed by atoms with Crippen molar-refractivity contribution in [3.8, 4) is 44.5 Å². The maximum Gasteiger partial charge on any atom is 0.143 e. The average Bonchev–Trinajstić information content (AvgIpc) is 3.68. The Hall–Kier alpha value is -7.68. The van der Waals surface area contributed by atoms with Gasteiger partial charge in [-0.1, -0.05) is 182 Å². The molecule has 272 valence electrons. The summed E-state index contributed by atoms with van der Waals surface area (Å²) in [6, 6.07) is 80.7. The summed E-state index contributed by atoms with van der Waals surface area (Å²) in [5.74, 6) is 0. The van der Waals surface area contributed by atoms with Crippen LogP contribution in [0, 0.1) is 0 Å². The molecule has 0 saturated carbocycles. The van der Waals surface area contributed by atoms with Crippen molar-refractivity contribution in [2.24, 2.45) is 0 Å². The van der Waals surface area contributed by atoms with E-state index in [2.05, 4.69) is 223 Å². The topological polar surface area (TPSA) is 16.4 Å². The number of fused-ring (bicyclic) bond motifs is 6. The highest BCUT2D eigenvalue weighted by Crippen LogP contribution is 2.45. The molecule has 1 heterocycles. The van der Waals surface area contributed by atoms with Crippen LogP contribution in [0.4, 0.5) is 17.1 Å². The fourth-order valence-corrected chi connectivity index (χ4v) is 8.67. The van der Waals surface area contributed by atoms with Crippen molar-refractivity contribution in [2.75, 3.05) is 4.90 Å². The molecule has 0 amide bonds. The van der Waals surface area contributed by atoms with Crippen molar-refractivity contribution < 1.29 is 4.42 Å². The zero-order valence-corrected chi connectivity index (χ0v) is 31.7. The third-order valence-corrected chi connectivity index (χ3v) is 11.5. The number of hydrogen-bond acceptors (Lipinski definition) is 2. The van der Waals surface area contributed by atoms with E-state index in [1.807, 2.05) is 6.07 Å². The summed E-state index contributed by atoms with van der Waals surface area (Å²) in [6.07, 6.45) is 0. The summed E-state index contributed by atoms with van der Waals surface area (Å²) < 4.78 is 6.51. The van der Waals surface area contributed by atoms with Crippen LogP contribution in [0.15, 0.2) is 229 Å². The quantitative estimate of drug-likeness (QED) is 0.151. The summed E-state index contributed by atoms with van der Waals surface area (Å²) >= 11 is 0. The van der Waals surface area contributed by atoms with Gasteiger partial charge in [-0.25, -0.2) is 0 Å². The largest absolute Gasteiger partial charge is 0.455 e. The molecule has 10 aromatic carbocycles. The van der Waals surface area contributed by atoms with Crippen LogP contribution in [0.25, 0.3) is 88.0 Å².